The fourth-order valence-corrected chi connectivity index (χ4v) is 4.85. The largest absolute Gasteiger partial charge is 0.382 e. The third kappa shape index (κ3) is 3.75. The summed E-state index contributed by atoms with van der Waals surface area (Å²) in [4.78, 5) is 0. The van der Waals surface area contributed by atoms with Gasteiger partial charge in [0.05, 0.1) is 5.60 Å². The van der Waals surface area contributed by atoms with Crippen molar-refractivity contribution >= 4 is 17.4 Å². The van der Waals surface area contributed by atoms with Crippen LogP contribution in [-0.4, -0.2) is 29.8 Å². The zero-order valence-electron chi connectivity index (χ0n) is 13.1. The second-order valence-corrected chi connectivity index (χ2v) is 7.61. The maximum atomic E-state index is 6.20. The molecule has 21 heavy (non-hydrogen) atoms. The lowest BCUT2D eigenvalue weighted by Gasteiger charge is -2.43. The van der Waals surface area contributed by atoms with Crippen LogP contribution in [0.2, 0.25) is 0 Å². The number of anilines is 1. The summed E-state index contributed by atoms with van der Waals surface area (Å²) in [6, 6.07) is 9.37. The maximum Gasteiger partial charge on any atom is 0.0717 e. The highest BCUT2D eigenvalue weighted by atomic mass is 32.2. The van der Waals surface area contributed by atoms with Gasteiger partial charge in [-0.3, -0.25) is 0 Å². The lowest BCUT2D eigenvalue weighted by Crippen LogP contribution is -2.46. The standard InChI is InChI=1S/C18H27NOS/c1-2-5-15-6-3-4-7-17(15)19-16-8-11-20-18(14-16)9-12-21-13-10-18/h3-4,6-7,16,19H,2,5,8-14H2,1H3. The Bertz CT molecular complexity index is 451. The van der Waals surface area contributed by atoms with Crippen LogP contribution in [0.3, 0.4) is 0 Å². The average molecular weight is 305 g/mol. The summed E-state index contributed by atoms with van der Waals surface area (Å²) < 4.78 is 6.20. The molecule has 0 radical (unpaired) electrons. The fourth-order valence-electron chi connectivity index (χ4n) is 3.61. The zero-order valence-corrected chi connectivity index (χ0v) is 13.9. The van der Waals surface area contributed by atoms with E-state index >= 15 is 0 Å². The summed E-state index contributed by atoms with van der Waals surface area (Å²) in [5.74, 6) is 2.53. The van der Waals surface area contributed by atoms with Crippen LogP contribution in [-0.2, 0) is 11.2 Å². The van der Waals surface area contributed by atoms with Crippen LogP contribution < -0.4 is 5.32 Å². The number of rotatable bonds is 4. The molecule has 0 bridgehead atoms. The molecule has 0 amide bonds. The summed E-state index contributed by atoms with van der Waals surface area (Å²) in [6.07, 6.45) is 7.13. The molecule has 1 atom stereocenters. The van der Waals surface area contributed by atoms with Gasteiger partial charge in [0.2, 0.25) is 0 Å². The molecule has 1 unspecified atom stereocenters. The normalized spacial score (nSPS) is 24.9. The topological polar surface area (TPSA) is 21.3 Å². The highest BCUT2D eigenvalue weighted by molar-refractivity contribution is 7.99. The van der Waals surface area contributed by atoms with Gasteiger partial charge in [-0.2, -0.15) is 11.8 Å². The molecular weight excluding hydrogens is 278 g/mol. The smallest absolute Gasteiger partial charge is 0.0717 e. The molecule has 2 nitrogen and oxygen atoms in total. The first-order valence-corrected chi connectivity index (χ1v) is 9.53. The molecule has 2 aliphatic heterocycles. The minimum absolute atomic E-state index is 0.168. The molecule has 2 aliphatic rings. The van der Waals surface area contributed by atoms with Crippen LogP contribution in [0.4, 0.5) is 5.69 Å². The first-order valence-electron chi connectivity index (χ1n) is 8.37. The minimum atomic E-state index is 0.168. The third-order valence-electron chi connectivity index (χ3n) is 4.79. The molecule has 116 valence electrons. The van der Waals surface area contributed by atoms with Crippen molar-refractivity contribution in [1.29, 1.82) is 0 Å². The number of benzene rings is 1. The summed E-state index contributed by atoms with van der Waals surface area (Å²) >= 11 is 2.08. The van der Waals surface area contributed by atoms with Gasteiger partial charge in [0.25, 0.3) is 0 Å². The van der Waals surface area contributed by atoms with E-state index in [1.165, 1.54) is 48.4 Å². The molecule has 0 aromatic heterocycles. The van der Waals surface area contributed by atoms with Gasteiger partial charge in [-0.15, -0.1) is 0 Å². The Kier molecular flexibility index (Phi) is 5.12. The lowest BCUT2D eigenvalue weighted by molar-refractivity contribution is -0.0865. The molecule has 0 aliphatic carbocycles. The van der Waals surface area contributed by atoms with E-state index in [-0.39, 0.29) is 5.60 Å². The van der Waals surface area contributed by atoms with Crippen molar-refractivity contribution in [3.8, 4) is 0 Å². The van der Waals surface area contributed by atoms with E-state index in [0.29, 0.717) is 6.04 Å². The van der Waals surface area contributed by atoms with Gasteiger partial charge in [0, 0.05) is 18.3 Å². The zero-order chi connectivity index (χ0) is 14.5. The molecule has 0 saturated carbocycles. The predicted octanol–water partition coefficient (Wildman–Crippen LogP) is 4.50. The highest BCUT2D eigenvalue weighted by Crippen LogP contribution is 2.38. The van der Waals surface area contributed by atoms with Crippen molar-refractivity contribution in [2.24, 2.45) is 0 Å². The molecule has 2 fully saturated rings. The Hall–Kier alpha value is -0.670. The Morgan fingerprint density at radius 2 is 2.10 bits per heavy atom. The summed E-state index contributed by atoms with van der Waals surface area (Å²) in [5, 5.41) is 3.82. The first-order chi connectivity index (χ1) is 10.3. The number of hydrogen-bond donors (Lipinski definition) is 1. The number of thioether (sulfide) groups is 1. The van der Waals surface area contributed by atoms with E-state index in [1.54, 1.807) is 0 Å². The second kappa shape index (κ2) is 7.06. The molecule has 2 saturated heterocycles. The first kappa shape index (κ1) is 15.2. The Morgan fingerprint density at radius 1 is 1.29 bits per heavy atom. The molecule has 2 heterocycles. The number of aryl methyl sites for hydroxylation is 1. The summed E-state index contributed by atoms with van der Waals surface area (Å²) in [5.41, 5.74) is 2.97. The van der Waals surface area contributed by atoms with Gasteiger partial charge in [0.1, 0.15) is 0 Å². The van der Waals surface area contributed by atoms with Crippen molar-refractivity contribution in [2.45, 2.75) is 57.1 Å². The van der Waals surface area contributed by atoms with Crippen LogP contribution in [0.15, 0.2) is 24.3 Å². The van der Waals surface area contributed by atoms with Crippen LogP contribution in [0, 0.1) is 0 Å². The summed E-state index contributed by atoms with van der Waals surface area (Å²) in [7, 11) is 0. The molecule has 1 spiro atoms. The molecular formula is C18H27NOS. The second-order valence-electron chi connectivity index (χ2n) is 6.39. The van der Waals surface area contributed by atoms with E-state index in [2.05, 4.69) is 48.3 Å². The van der Waals surface area contributed by atoms with Crippen LogP contribution in [0.25, 0.3) is 0 Å². The SMILES string of the molecule is CCCc1ccccc1NC1CCOC2(CCSCC2)C1. The number of ether oxygens (including phenoxy) is 1. The molecule has 1 aromatic carbocycles. The lowest BCUT2D eigenvalue weighted by atomic mass is 9.85. The van der Waals surface area contributed by atoms with Crippen molar-refractivity contribution in [3.63, 3.8) is 0 Å². The highest BCUT2D eigenvalue weighted by Gasteiger charge is 2.38. The van der Waals surface area contributed by atoms with Crippen molar-refractivity contribution in [2.75, 3.05) is 23.4 Å². The summed E-state index contributed by atoms with van der Waals surface area (Å²) in [6.45, 7) is 3.16. The molecule has 3 rings (SSSR count). The Labute approximate surface area is 133 Å². The van der Waals surface area contributed by atoms with Crippen molar-refractivity contribution in [3.05, 3.63) is 29.8 Å². The van der Waals surface area contributed by atoms with Gasteiger partial charge in [0.15, 0.2) is 0 Å². The van der Waals surface area contributed by atoms with E-state index in [9.17, 15) is 0 Å². The van der Waals surface area contributed by atoms with Gasteiger partial charge in [-0.25, -0.2) is 0 Å². The van der Waals surface area contributed by atoms with E-state index < -0.39 is 0 Å². The molecule has 3 heteroatoms. The van der Waals surface area contributed by atoms with Gasteiger partial charge >= 0.3 is 0 Å². The van der Waals surface area contributed by atoms with E-state index in [0.717, 1.165) is 19.4 Å². The van der Waals surface area contributed by atoms with Gasteiger partial charge in [-0.05, 0) is 55.2 Å². The number of hydrogen-bond acceptors (Lipinski definition) is 3. The third-order valence-corrected chi connectivity index (χ3v) is 5.78. The maximum absolute atomic E-state index is 6.20. The predicted molar refractivity (Wildman–Crippen MR) is 92.3 cm³/mol. The van der Waals surface area contributed by atoms with Crippen LogP contribution in [0.1, 0.15) is 44.6 Å². The Balaban J connectivity index is 1.67. The number of para-hydroxylation sites is 1. The number of nitrogens with one attached hydrogen (secondary N) is 1. The monoisotopic (exact) mass is 305 g/mol. The van der Waals surface area contributed by atoms with E-state index in [4.69, 9.17) is 4.74 Å². The van der Waals surface area contributed by atoms with Gasteiger partial charge < -0.3 is 10.1 Å². The average Bonchev–Trinajstić information content (AvgIpc) is 2.50. The fraction of sp³-hybridized carbons (Fsp3) is 0.667. The molecule has 1 aromatic rings. The van der Waals surface area contributed by atoms with Crippen LogP contribution in [0.5, 0.6) is 0 Å². The Morgan fingerprint density at radius 3 is 2.90 bits per heavy atom. The molecule has 1 N–H and O–H groups in total. The quantitative estimate of drug-likeness (QED) is 0.885. The van der Waals surface area contributed by atoms with Gasteiger partial charge in [-0.1, -0.05) is 31.5 Å². The minimum Gasteiger partial charge on any atom is -0.382 e. The van der Waals surface area contributed by atoms with E-state index in [1.807, 2.05) is 0 Å². The van der Waals surface area contributed by atoms with Crippen molar-refractivity contribution < 1.29 is 4.74 Å². The van der Waals surface area contributed by atoms with Crippen molar-refractivity contribution in [1.82, 2.24) is 0 Å². The van der Waals surface area contributed by atoms with Crippen LogP contribution >= 0.6 is 11.8 Å².